The topological polar surface area (TPSA) is 117 Å². The van der Waals surface area contributed by atoms with Gasteiger partial charge in [-0.25, -0.2) is 10.4 Å². The van der Waals surface area contributed by atoms with E-state index in [1.807, 2.05) is 0 Å². The number of amides is 1. The van der Waals surface area contributed by atoms with E-state index in [4.69, 9.17) is 4.74 Å². The molecule has 0 saturated heterocycles. The van der Waals surface area contributed by atoms with Crippen molar-refractivity contribution in [2.24, 2.45) is 5.10 Å². The first kappa shape index (κ1) is 15.1. The van der Waals surface area contributed by atoms with Crippen molar-refractivity contribution in [1.82, 2.24) is 15.4 Å². The van der Waals surface area contributed by atoms with Crippen LogP contribution in [0.4, 0.5) is 0 Å². The molecule has 0 saturated carbocycles. The van der Waals surface area contributed by atoms with E-state index < -0.39 is 18.5 Å². The molecule has 1 amide bonds. The van der Waals surface area contributed by atoms with Crippen LogP contribution in [0.5, 0.6) is 5.75 Å². The Bertz CT molecular complexity index is 688. The molecule has 0 spiro atoms. The molecule has 112 valence electrons. The minimum absolute atomic E-state index is 0.126. The molecule has 1 heterocycles. The maximum absolute atomic E-state index is 11.7. The molecule has 2 rings (SSSR count). The summed E-state index contributed by atoms with van der Waals surface area (Å²) in [7, 11) is 0. The van der Waals surface area contributed by atoms with Gasteiger partial charge in [0, 0.05) is 18.0 Å². The van der Waals surface area contributed by atoms with Gasteiger partial charge in [-0.15, -0.1) is 0 Å². The number of hydrogen-bond donors (Lipinski definition) is 1. The fourth-order valence-electron chi connectivity index (χ4n) is 1.49. The second-order valence-corrected chi connectivity index (χ2v) is 3.99. The molecule has 2 aromatic rings. The number of nitrogens with zero attached hydrogens (tertiary/aromatic N) is 3. The third-order valence-electron chi connectivity index (χ3n) is 2.43. The van der Waals surface area contributed by atoms with Gasteiger partial charge in [0.05, 0.1) is 18.4 Å². The van der Waals surface area contributed by atoms with Crippen LogP contribution < -0.4 is 15.3 Å². The highest BCUT2D eigenvalue weighted by Crippen LogP contribution is 2.15. The smallest absolute Gasteiger partial charge is 0.291 e. The monoisotopic (exact) mass is 299 g/mol. The maximum atomic E-state index is 11.7. The van der Waals surface area contributed by atoms with E-state index in [0.717, 1.165) is 0 Å². The Kier molecular flexibility index (Phi) is 5.14. The molecule has 0 unspecified atom stereocenters. The SMILES string of the molecule is O=C([O-])COc1ccccc1/C=N/NC(=O)c1cnccn1. The lowest BCUT2D eigenvalue weighted by Gasteiger charge is -2.08. The second kappa shape index (κ2) is 7.48. The Balaban J connectivity index is 2.01. The van der Waals surface area contributed by atoms with Crippen LogP contribution in [0.25, 0.3) is 0 Å². The van der Waals surface area contributed by atoms with Crippen molar-refractivity contribution in [2.75, 3.05) is 6.61 Å². The van der Waals surface area contributed by atoms with Crippen LogP contribution in [0.3, 0.4) is 0 Å². The van der Waals surface area contributed by atoms with Crippen molar-refractivity contribution in [3.63, 3.8) is 0 Å². The molecule has 1 aromatic carbocycles. The maximum Gasteiger partial charge on any atom is 0.291 e. The molecule has 8 nitrogen and oxygen atoms in total. The van der Waals surface area contributed by atoms with Crippen molar-refractivity contribution >= 4 is 18.1 Å². The van der Waals surface area contributed by atoms with Gasteiger partial charge < -0.3 is 14.6 Å². The molecule has 0 aliphatic rings. The largest absolute Gasteiger partial charge is 0.546 e. The number of carbonyl (C=O) groups is 2. The van der Waals surface area contributed by atoms with Crippen LogP contribution >= 0.6 is 0 Å². The van der Waals surface area contributed by atoms with Gasteiger partial charge in [-0.05, 0) is 12.1 Å². The van der Waals surface area contributed by atoms with Gasteiger partial charge in [-0.1, -0.05) is 12.1 Å². The van der Waals surface area contributed by atoms with Gasteiger partial charge in [0.15, 0.2) is 0 Å². The molecule has 0 radical (unpaired) electrons. The highest BCUT2D eigenvalue weighted by atomic mass is 16.5. The fraction of sp³-hybridized carbons (Fsp3) is 0.0714. The van der Waals surface area contributed by atoms with Crippen LogP contribution in [0.2, 0.25) is 0 Å². The van der Waals surface area contributed by atoms with Crippen molar-refractivity contribution in [3.05, 3.63) is 54.1 Å². The summed E-state index contributed by atoms with van der Waals surface area (Å²) >= 11 is 0. The minimum Gasteiger partial charge on any atom is -0.546 e. The molecule has 1 aromatic heterocycles. The van der Waals surface area contributed by atoms with Crippen LogP contribution in [0.15, 0.2) is 48.0 Å². The van der Waals surface area contributed by atoms with Crippen LogP contribution in [0.1, 0.15) is 16.1 Å². The molecular weight excluding hydrogens is 288 g/mol. The minimum atomic E-state index is -1.33. The molecule has 22 heavy (non-hydrogen) atoms. The highest BCUT2D eigenvalue weighted by Gasteiger charge is 2.05. The Labute approximate surface area is 125 Å². The third kappa shape index (κ3) is 4.37. The highest BCUT2D eigenvalue weighted by molar-refractivity contribution is 5.93. The second-order valence-electron chi connectivity index (χ2n) is 3.99. The number of para-hydroxylation sites is 1. The Morgan fingerprint density at radius 1 is 1.32 bits per heavy atom. The molecular formula is C14H11N4O4-. The average Bonchev–Trinajstić information content (AvgIpc) is 2.54. The van der Waals surface area contributed by atoms with Crippen molar-refractivity contribution in [1.29, 1.82) is 0 Å². The molecule has 0 atom stereocenters. The summed E-state index contributed by atoms with van der Waals surface area (Å²) in [6, 6.07) is 6.63. The van der Waals surface area contributed by atoms with Gasteiger partial charge in [0.1, 0.15) is 18.1 Å². The summed E-state index contributed by atoms with van der Waals surface area (Å²) in [4.78, 5) is 29.7. The summed E-state index contributed by atoms with van der Waals surface area (Å²) in [5.41, 5.74) is 2.91. The Hall–Kier alpha value is -3.29. The number of aromatic nitrogens is 2. The van der Waals surface area contributed by atoms with Gasteiger partial charge in [-0.3, -0.25) is 9.78 Å². The van der Waals surface area contributed by atoms with E-state index in [1.54, 1.807) is 24.3 Å². The first-order valence-electron chi connectivity index (χ1n) is 6.18. The van der Waals surface area contributed by atoms with E-state index in [-0.39, 0.29) is 5.69 Å². The lowest BCUT2D eigenvalue weighted by Crippen LogP contribution is -2.29. The lowest BCUT2D eigenvalue weighted by atomic mass is 10.2. The quantitative estimate of drug-likeness (QED) is 0.560. The predicted octanol–water partition coefficient (Wildman–Crippen LogP) is -0.631. The zero-order valence-electron chi connectivity index (χ0n) is 11.3. The number of carboxylic acid groups (broad SMARTS) is 1. The number of nitrogens with one attached hydrogen (secondary N) is 1. The van der Waals surface area contributed by atoms with Gasteiger partial charge in [-0.2, -0.15) is 5.10 Å². The molecule has 0 fully saturated rings. The number of hydrazone groups is 1. The number of carboxylic acids is 1. The summed E-state index contributed by atoms with van der Waals surface area (Å²) in [5, 5.41) is 14.2. The van der Waals surface area contributed by atoms with Crippen molar-refractivity contribution in [3.8, 4) is 5.75 Å². The number of aliphatic carboxylic acids is 1. The summed E-state index contributed by atoms with van der Waals surface area (Å²) in [6.07, 6.45) is 5.48. The van der Waals surface area contributed by atoms with Gasteiger partial charge >= 0.3 is 0 Å². The van der Waals surface area contributed by atoms with Gasteiger partial charge in [0.25, 0.3) is 5.91 Å². The average molecular weight is 299 g/mol. The van der Waals surface area contributed by atoms with Crippen LogP contribution in [-0.4, -0.2) is 34.7 Å². The van der Waals surface area contributed by atoms with Crippen molar-refractivity contribution < 1.29 is 19.4 Å². The normalized spacial score (nSPS) is 10.4. The third-order valence-corrected chi connectivity index (χ3v) is 2.43. The van der Waals surface area contributed by atoms with Crippen molar-refractivity contribution in [2.45, 2.75) is 0 Å². The Morgan fingerprint density at radius 3 is 2.86 bits per heavy atom. The molecule has 0 bridgehead atoms. The summed E-state index contributed by atoms with van der Waals surface area (Å²) in [6.45, 7) is -0.573. The summed E-state index contributed by atoms with van der Waals surface area (Å²) < 4.78 is 5.05. The molecule has 8 heteroatoms. The van der Waals surface area contributed by atoms with Crippen LogP contribution in [-0.2, 0) is 4.79 Å². The lowest BCUT2D eigenvalue weighted by molar-refractivity contribution is -0.307. The van der Waals surface area contributed by atoms with Crippen LogP contribution in [0, 0.1) is 0 Å². The first-order chi connectivity index (χ1) is 10.7. The zero-order valence-corrected chi connectivity index (χ0v) is 11.3. The van der Waals surface area contributed by atoms with E-state index in [1.165, 1.54) is 24.8 Å². The molecule has 0 aliphatic carbocycles. The number of ether oxygens (including phenoxy) is 1. The van der Waals surface area contributed by atoms with E-state index in [9.17, 15) is 14.7 Å². The first-order valence-corrected chi connectivity index (χ1v) is 6.18. The van der Waals surface area contributed by atoms with E-state index in [2.05, 4.69) is 20.5 Å². The number of hydrogen-bond acceptors (Lipinski definition) is 7. The summed E-state index contributed by atoms with van der Waals surface area (Å²) in [5.74, 6) is -1.54. The Morgan fingerprint density at radius 2 is 2.14 bits per heavy atom. The zero-order chi connectivity index (χ0) is 15.8. The molecule has 1 N–H and O–H groups in total. The standard InChI is InChI=1S/C14H12N4O4/c19-13(20)9-22-12-4-2-1-3-10(12)7-17-18-14(21)11-8-15-5-6-16-11/h1-8H,9H2,(H,18,21)(H,19,20)/p-1/b17-7+. The van der Waals surface area contributed by atoms with Gasteiger partial charge in [0.2, 0.25) is 0 Å². The number of rotatable bonds is 6. The van der Waals surface area contributed by atoms with E-state index in [0.29, 0.717) is 11.3 Å². The fourth-order valence-corrected chi connectivity index (χ4v) is 1.49. The number of benzene rings is 1. The number of carbonyl (C=O) groups excluding carboxylic acids is 2. The predicted molar refractivity (Wildman–Crippen MR) is 74.0 cm³/mol. The van der Waals surface area contributed by atoms with E-state index >= 15 is 0 Å². The molecule has 0 aliphatic heterocycles.